The first kappa shape index (κ1) is 72.2. The van der Waals surface area contributed by atoms with Gasteiger partial charge in [0, 0.05) is 19.3 Å². The van der Waals surface area contributed by atoms with Gasteiger partial charge in [0.1, 0.15) is 12.7 Å². The van der Waals surface area contributed by atoms with E-state index in [1.165, 1.54) is 193 Å². The fourth-order valence-electron chi connectivity index (χ4n) is 9.35. The fraction of sp³-hybridized carbons (Fsp3) is 0.919. The molecule has 3 atom stereocenters. The predicted molar refractivity (Wildman–Crippen MR) is 307 cm³/mol. The normalized spacial score (nSPS) is 13.3. The van der Waals surface area contributed by atoms with Gasteiger partial charge in [-0.05, 0) is 44.9 Å². The van der Waals surface area contributed by atoms with Gasteiger partial charge in [-0.2, -0.15) is 0 Å². The highest BCUT2D eigenvalue weighted by atomic mass is 31.2. The molecular weight excluding hydrogens is 952 g/mol. The molecule has 2 N–H and O–H groups in total. The number of carbonyl (C=O) groups excluding carboxylic acids is 3. The van der Waals surface area contributed by atoms with E-state index in [9.17, 15) is 28.9 Å². The summed E-state index contributed by atoms with van der Waals surface area (Å²) in [6.45, 7) is 4.71. The first-order valence-electron chi connectivity index (χ1n) is 31.6. The Balaban J connectivity index is 4.63. The third-order valence-corrected chi connectivity index (χ3v) is 15.1. The van der Waals surface area contributed by atoms with Crippen LogP contribution in [0.4, 0.5) is 0 Å². The molecular formula is C62H119O11P. The molecule has 0 amide bonds. The van der Waals surface area contributed by atoms with E-state index in [1.54, 1.807) is 0 Å². The van der Waals surface area contributed by atoms with Crippen molar-refractivity contribution in [3.05, 3.63) is 12.2 Å². The molecule has 0 aromatic carbocycles. The Hall–Kier alpha value is -1.78. The lowest BCUT2D eigenvalue weighted by atomic mass is 10.0. The Bertz CT molecular complexity index is 1290. The summed E-state index contributed by atoms with van der Waals surface area (Å²) in [4.78, 5) is 48.6. The number of aliphatic hydroxyl groups excluding tert-OH is 1. The van der Waals surface area contributed by atoms with Crippen molar-refractivity contribution >= 4 is 25.7 Å². The topological polar surface area (TPSA) is 155 Å². The van der Waals surface area contributed by atoms with Crippen LogP contribution in [0.3, 0.4) is 0 Å². The van der Waals surface area contributed by atoms with Gasteiger partial charge in [-0.25, -0.2) is 4.57 Å². The van der Waals surface area contributed by atoms with Crippen LogP contribution in [0.25, 0.3) is 0 Å². The van der Waals surface area contributed by atoms with Crippen molar-refractivity contribution in [3.8, 4) is 0 Å². The third-order valence-electron chi connectivity index (χ3n) is 14.2. The second-order valence-electron chi connectivity index (χ2n) is 21.6. The molecule has 0 aliphatic heterocycles. The fourth-order valence-corrected chi connectivity index (χ4v) is 10.1. The average Bonchev–Trinajstić information content (AvgIpc) is 3.39. The van der Waals surface area contributed by atoms with Crippen molar-refractivity contribution in [3.63, 3.8) is 0 Å². The molecule has 0 aromatic heterocycles. The largest absolute Gasteiger partial charge is 0.472 e. The molecule has 11 nitrogen and oxygen atoms in total. The molecule has 0 aliphatic rings. The Morgan fingerprint density at radius 3 is 0.932 bits per heavy atom. The van der Waals surface area contributed by atoms with Gasteiger partial charge in [0.05, 0.1) is 19.8 Å². The summed E-state index contributed by atoms with van der Waals surface area (Å²) in [5.41, 5.74) is 0. The lowest BCUT2D eigenvalue weighted by Gasteiger charge is -2.21. The van der Waals surface area contributed by atoms with Gasteiger partial charge in [-0.3, -0.25) is 23.4 Å². The number of unbranched alkanes of at least 4 members (excludes halogenated alkanes) is 41. The minimum atomic E-state index is -4.74. The first-order chi connectivity index (χ1) is 36.2. The molecule has 0 aromatic rings. The molecule has 0 spiro atoms. The molecule has 0 radical (unpaired) electrons. The number of allylic oxidation sites excluding steroid dienone is 2. The van der Waals surface area contributed by atoms with Gasteiger partial charge < -0.3 is 24.2 Å². The predicted octanol–water partition coefficient (Wildman–Crippen LogP) is 18.8. The van der Waals surface area contributed by atoms with Crippen molar-refractivity contribution in [2.24, 2.45) is 0 Å². The van der Waals surface area contributed by atoms with Gasteiger partial charge in [-0.15, -0.1) is 0 Å². The van der Waals surface area contributed by atoms with Crippen LogP contribution in [0.1, 0.15) is 329 Å². The summed E-state index contributed by atoms with van der Waals surface area (Å²) in [5, 5.41) is 9.83. The van der Waals surface area contributed by atoms with E-state index in [0.29, 0.717) is 19.3 Å². The van der Waals surface area contributed by atoms with E-state index in [0.717, 1.165) is 77.0 Å². The van der Waals surface area contributed by atoms with Crippen molar-refractivity contribution in [2.75, 3.05) is 26.4 Å². The summed E-state index contributed by atoms with van der Waals surface area (Å²) in [6.07, 6.45) is 57.3. The zero-order chi connectivity index (χ0) is 54.1. The minimum Gasteiger partial charge on any atom is -0.462 e. The molecule has 3 unspecified atom stereocenters. The van der Waals surface area contributed by atoms with Crippen molar-refractivity contribution in [2.45, 2.75) is 341 Å². The number of aliphatic hydroxyl groups is 1. The summed E-state index contributed by atoms with van der Waals surface area (Å²) >= 11 is 0. The van der Waals surface area contributed by atoms with Gasteiger partial charge in [0.15, 0.2) is 6.10 Å². The molecule has 0 heterocycles. The molecule has 0 fully saturated rings. The van der Waals surface area contributed by atoms with E-state index >= 15 is 0 Å². The Kier molecular flexibility index (Phi) is 56.0. The number of rotatable bonds is 60. The Labute approximate surface area is 456 Å². The maximum atomic E-state index is 12.9. The zero-order valence-corrected chi connectivity index (χ0v) is 49.5. The number of ether oxygens (including phenoxy) is 3. The molecule has 74 heavy (non-hydrogen) atoms. The highest BCUT2D eigenvalue weighted by molar-refractivity contribution is 7.47. The highest BCUT2D eigenvalue weighted by Gasteiger charge is 2.28. The molecule has 12 heteroatoms. The molecule has 438 valence electrons. The highest BCUT2D eigenvalue weighted by Crippen LogP contribution is 2.43. The van der Waals surface area contributed by atoms with E-state index in [4.69, 9.17) is 23.3 Å². The third kappa shape index (κ3) is 55.0. The van der Waals surface area contributed by atoms with Crippen LogP contribution in [0.2, 0.25) is 0 Å². The lowest BCUT2D eigenvalue weighted by Crippen LogP contribution is -2.30. The van der Waals surface area contributed by atoms with Crippen molar-refractivity contribution in [1.29, 1.82) is 0 Å². The van der Waals surface area contributed by atoms with Crippen LogP contribution in [-0.4, -0.2) is 66.5 Å². The van der Waals surface area contributed by atoms with Gasteiger partial charge >= 0.3 is 25.7 Å². The van der Waals surface area contributed by atoms with E-state index < -0.39 is 57.8 Å². The number of phosphoric ester groups is 1. The maximum absolute atomic E-state index is 12.9. The molecule has 0 saturated carbocycles. The monoisotopic (exact) mass is 1070 g/mol. The van der Waals surface area contributed by atoms with Crippen molar-refractivity contribution < 1.29 is 52.2 Å². The standard InChI is InChI=1S/C62H119O11P/c1-4-7-10-13-16-19-22-25-27-28-29-30-32-35-38-41-44-47-50-53-62(66)73-59(55-69-60(64)51-48-45-42-39-36-33-24-21-18-15-12-9-6-3)57-71-74(67,68)70-56-58(54-63)72-61(65)52-49-46-43-40-37-34-31-26-23-20-17-14-11-8-5-2/h26,31,58-59,63H,4-25,27-30,32-57H2,1-3H3,(H,67,68)/b31-26-. The van der Waals surface area contributed by atoms with Crippen molar-refractivity contribution in [1.82, 2.24) is 0 Å². The molecule has 0 bridgehead atoms. The SMILES string of the molecule is CCCCCCCC/C=C\CCCCCCCC(=O)OC(CO)COP(=O)(O)OCC(COC(=O)CCCCCCCCCCCCCCC)OC(=O)CCCCCCCCCCCCCCCCCCCCC. The number of hydrogen-bond acceptors (Lipinski definition) is 10. The van der Waals surface area contributed by atoms with Crippen LogP contribution in [-0.2, 0) is 42.2 Å². The quantitative estimate of drug-likeness (QED) is 0.0197. The number of carbonyl (C=O) groups is 3. The molecule has 0 saturated heterocycles. The summed E-state index contributed by atoms with van der Waals surface area (Å²) in [7, 11) is -4.74. The summed E-state index contributed by atoms with van der Waals surface area (Å²) in [6, 6.07) is 0. The average molecular weight is 1070 g/mol. The van der Waals surface area contributed by atoms with Gasteiger partial charge in [-0.1, -0.05) is 277 Å². The number of hydrogen-bond donors (Lipinski definition) is 2. The van der Waals surface area contributed by atoms with Crippen LogP contribution < -0.4 is 0 Å². The van der Waals surface area contributed by atoms with Crippen LogP contribution in [0, 0.1) is 0 Å². The summed E-state index contributed by atoms with van der Waals surface area (Å²) < 4.78 is 39.6. The second-order valence-corrected chi connectivity index (χ2v) is 23.0. The maximum Gasteiger partial charge on any atom is 0.472 e. The Morgan fingerprint density at radius 2 is 0.622 bits per heavy atom. The molecule has 0 rings (SSSR count). The van der Waals surface area contributed by atoms with E-state index in [1.807, 2.05) is 0 Å². The van der Waals surface area contributed by atoms with Gasteiger partial charge in [0.2, 0.25) is 0 Å². The number of phosphoric acid groups is 1. The van der Waals surface area contributed by atoms with E-state index in [2.05, 4.69) is 32.9 Å². The smallest absolute Gasteiger partial charge is 0.462 e. The summed E-state index contributed by atoms with van der Waals surface area (Å²) in [5.74, 6) is -1.44. The first-order valence-corrected chi connectivity index (χ1v) is 33.1. The van der Waals surface area contributed by atoms with Gasteiger partial charge in [0.25, 0.3) is 0 Å². The van der Waals surface area contributed by atoms with Crippen LogP contribution in [0.5, 0.6) is 0 Å². The second kappa shape index (κ2) is 57.4. The zero-order valence-electron chi connectivity index (χ0n) is 48.6. The lowest BCUT2D eigenvalue weighted by molar-refractivity contribution is -0.161. The number of esters is 3. The minimum absolute atomic E-state index is 0.173. The van der Waals surface area contributed by atoms with E-state index in [-0.39, 0.29) is 25.9 Å². The van der Waals surface area contributed by atoms with Crippen LogP contribution in [0.15, 0.2) is 12.2 Å². The Morgan fingerprint density at radius 1 is 0.365 bits per heavy atom. The molecule has 0 aliphatic carbocycles. The van der Waals surface area contributed by atoms with Crippen LogP contribution >= 0.6 is 7.82 Å².